The highest BCUT2D eigenvalue weighted by Crippen LogP contribution is 2.52. The number of hydrogen-bond acceptors (Lipinski definition) is 18. The Balaban J connectivity index is 0.924. The second-order valence-electron chi connectivity index (χ2n) is 19.2. The van der Waals surface area contributed by atoms with Gasteiger partial charge in [0.1, 0.15) is 47.4 Å². The lowest BCUT2D eigenvalue weighted by Gasteiger charge is -2.43. The van der Waals surface area contributed by atoms with Crippen LogP contribution >= 0.6 is 0 Å². The van der Waals surface area contributed by atoms with E-state index in [1.807, 2.05) is 0 Å². The zero-order chi connectivity index (χ0) is 53.7. The Hall–Kier alpha value is -6.85. The molecule has 4 aliphatic rings. The highest BCUT2D eigenvalue weighted by molar-refractivity contribution is 6.31. The maximum Gasteiger partial charge on any atom is 0.328 e. The topological polar surface area (TPSA) is 301 Å². The molecular weight excluding hydrogens is 978 g/mol. The average molecular weight is 1040 g/mol. The molecule has 21 heteroatoms. The first-order valence-electron chi connectivity index (χ1n) is 25.0. The van der Waals surface area contributed by atoms with Gasteiger partial charge in [-0.3, -0.25) is 24.0 Å². The molecule has 2 fully saturated rings. The summed E-state index contributed by atoms with van der Waals surface area (Å²) in [6, 6.07) is 13.7. The summed E-state index contributed by atoms with van der Waals surface area (Å²) in [4.78, 5) is 81.3. The van der Waals surface area contributed by atoms with Crippen molar-refractivity contribution in [3.05, 3.63) is 117 Å². The van der Waals surface area contributed by atoms with E-state index in [4.69, 9.17) is 18.9 Å². The number of hydrogen-bond donors (Lipinski definition) is 10. The van der Waals surface area contributed by atoms with Crippen LogP contribution < -0.4 is 31.3 Å². The molecule has 0 radical (unpaired) electrons. The molecule has 75 heavy (non-hydrogen) atoms. The van der Waals surface area contributed by atoms with Crippen molar-refractivity contribution in [2.45, 2.75) is 113 Å². The SMILES string of the molecule is CCOC(=O)C(Cc1ccc(F)cc1)NC(=O)C(Cc1ccc(NCCNC2CC(OC3C[C@](O)(C(=O)CO)Cc4c(O)c5c(c(O)c43)C(=O)c3c(OC)cccc3C5=O)OC(C)C2O)cc1)NC(=O)C1CCCN1. The van der Waals surface area contributed by atoms with Crippen LogP contribution in [0.15, 0.2) is 66.7 Å². The third-order valence-corrected chi connectivity index (χ3v) is 14.3. The molecule has 8 rings (SSSR count). The smallest absolute Gasteiger partial charge is 0.328 e. The summed E-state index contributed by atoms with van der Waals surface area (Å²) in [7, 11) is 1.31. The number of Topliss-reactive ketones (excluding diaryl/α,β-unsaturated/α-hetero) is 1. The number of nitrogens with one attached hydrogen (secondary N) is 5. The van der Waals surface area contributed by atoms with E-state index in [0.29, 0.717) is 42.9 Å². The van der Waals surface area contributed by atoms with Gasteiger partial charge in [-0.2, -0.15) is 0 Å². The fraction of sp³-hybridized carbons (Fsp3) is 0.444. The third-order valence-electron chi connectivity index (χ3n) is 14.3. The van der Waals surface area contributed by atoms with Gasteiger partial charge >= 0.3 is 5.97 Å². The molecule has 4 aromatic rings. The van der Waals surface area contributed by atoms with E-state index in [-0.39, 0.29) is 59.8 Å². The van der Waals surface area contributed by atoms with Gasteiger partial charge in [0.15, 0.2) is 17.9 Å². The molecule has 2 aliphatic carbocycles. The van der Waals surface area contributed by atoms with Crippen LogP contribution in [-0.4, -0.2) is 149 Å². The number of esters is 1. The minimum atomic E-state index is -2.34. The van der Waals surface area contributed by atoms with E-state index in [1.165, 1.54) is 49.6 Å². The third kappa shape index (κ3) is 11.7. The van der Waals surface area contributed by atoms with Gasteiger partial charge in [0, 0.05) is 73.6 Å². The molecule has 2 aliphatic heterocycles. The van der Waals surface area contributed by atoms with Crippen molar-refractivity contribution in [1.29, 1.82) is 0 Å². The summed E-state index contributed by atoms with van der Waals surface area (Å²) in [5.41, 5.74) is -1.97. The minimum absolute atomic E-state index is 0.00690. The predicted octanol–water partition coefficient (Wildman–Crippen LogP) is 1.95. The number of methoxy groups -OCH3 is 1. The van der Waals surface area contributed by atoms with E-state index in [9.17, 15) is 58.7 Å². The molecule has 0 spiro atoms. The number of phenols is 2. The maximum atomic E-state index is 14.1. The molecule has 8 unspecified atom stereocenters. The van der Waals surface area contributed by atoms with Gasteiger partial charge in [-0.05, 0) is 74.7 Å². The predicted molar refractivity (Wildman–Crippen MR) is 266 cm³/mol. The summed E-state index contributed by atoms with van der Waals surface area (Å²) in [5, 5.41) is 71.7. The lowest BCUT2D eigenvalue weighted by molar-refractivity contribution is -0.249. The quantitative estimate of drug-likeness (QED) is 0.0303. The average Bonchev–Trinajstić information content (AvgIpc) is 3.97. The molecule has 0 aromatic heterocycles. The Morgan fingerprint density at radius 3 is 2.27 bits per heavy atom. The number of aliphatic hydroxyl groups is 3. The van der Waals surface area contributed by atoms with Crippen LogP contribution in [0.4, 0.5) is 10.1 Å². The number of phenolic OH excluding ortho intramolecular Hbond substituents is 2. The fourth-order valence-electron chi connectivity index (χ4n) is 10.3. The summed E-state index contributed by atoms with van der Waals surface area (Å²) in [6.07, 6.45) is -4.11. The van der Waals surface area contributed by atoms with Crippen LogP contribution in [0.2, 0.25) is 0 Å². The summed E-state index contributed by atoms with van der Waals surface area (Å²) >= 11 is 0. The number of anilines is 1. The van der Waals surface area contributed by atoms with Crippen LogP contribution in [-0.2, 0) is 52.7 Å². The fourth-order valence-corrected chi connectivity index (χ4v) is 10.3. The number of ether oxygens (including phenoxy) is 4. The zero-order valence-corrected chi connectivity index (χ0v) is 41.7. The van der Waals surface area contributed by atoms with E-state index >= 15 is 0 Å². The molecule has 9 atom stereocenters. The van der Waals surface area contributed by atoms with Gasteiger partial charge in [0.2, 0.25) is 17.6 Å². The molecule has 2 heterocycles. The Labute approximate surface area is 431 Å². The largest absolute Gasteiger partial charge is 0.507 e. The summed E-state index contributed by atoms with van der Waals surface area (Å²) in [5.74, 6) is -6.10. The van der Waals surface area contributed by atoms with Crippen molar-refractivity contribution in [3.63, 3.8) is 0 Å². The van der Waals surface area contributed by atoms with Gasteiger partial charge < -0.3 is 71.1 Å². The molecule has 20 nitrogen and oxygen atoms in total. The van der Waals surface area contributed by atoms with Crippen molar-refractivity contribution in [2.75, 3.05) is 45.3 Å². The van der Waals surface area contributed by atoms with E-state index in [2.05, 4.69) is 26.6 Å². The number of aromatic hydroxyl groups is 2. The Bertz CT molecular complexity index is 2810. The first-order valence-corrected chi connectivity index (χ1v) is 25.0. The van der Waals surface area contributed by atoms with Crippen molar-refractivity contribution in [3.8, 4) is 17.2 Å². The van der Waals surface area contributed by atoms with Gasteiger partial charge in [0.05, 0.1) is 54.8 Å². The van der Waals surface area contributed by atoms with Crippen LogP contribution in [0.25, 0.3) is 0 Å². The standard InChI is InChI=1S/C54H62FN5O15/c1-4-73-53(70)37(22-28-10-14-30(55)15-11-28)60-52(69)36(59-51(68)34-8-6-18-57-34)21-29-12-16-31(17-13-29)56-19-20-58-35-23-41(74-27(2)46(35)63)75-39-25-54(71,40(62)26-61)24-33-43(39)50(67)45-44(48(33)65)47(64)32-7-5-9-38(72-3)42(32)49(45)66/h5,7,9-17,27,34-37,39,41,46,56-58,61,63,65,67,71H,4,6,8,18-26H2,1-3H3,(H,59,68)(H,60,69)/t27?,34?,35?,36?,37?,39?,41?,46?,54-/m0/s1. The molecule has 4 aromatic carbocycles. The maximum absolute atomic E-state index is 14.1. The second-order valence-corrected chi connectivity index (χ2v) is 19.2. The molecule has 0 bridgehead atoms. The number of carbonyl (C=O) groups excluding carboxylic acids is 6. The van der Waals surface area contributed by atoms with E-state index < -0.39 is 131 Å². The number of aliphatic hydroxyl groups excluding tert-OH is 2. The minimum Gasteiger partial charge on any atom is -0.507 e. The molecule has 2 amide bonds. The number of ketones is 3. The van der Waals surface area contributed by atoms with Crippen molar-refractivity contribution in [1.82, 2.24) is 21.3 Å². The normalized spacial score (nSPS) is 23.7. The van der Waals surface area contributed by atoms with Gasteiger partial charge in [-0.1, -0.05) is 36.4 Å². The molecule has 400 valence electrons. The Morgan fingerprint density at radius 2 is 1.60 bits per heavy atom. The van der Waals surface area contributed by atoms with Crippen LogP contribution in [0, 0.1) is 5.82 Å². The van der Waals surface area contributed by atoms with Crippen LogP contribution in [0.1, 0.15) is 99.7 Å². The van der Waals surface area contributed by atoms with Crippen LogP contribution in [0.5, 0.6) is 17.2 Å². The molecule has 10 N–H and O–H groups in total. The van der Waals surface area contributed by atoms with E-state index in [1.54, 1.807) is 38.1 Å². The molecular formula is C54H62FN5O15. The summed E-state index contributed by atoms with van der Waals surface area (Å²) < 4.78 is 36.7. The number of amides is 2. The Morgan fingerprint density at radius 1 is 0.907 bits per heavy atom. The van der Waals surface area contributed by atoms with Crippen LogP contribution in [0.3, 0.4) is 0 Å². The first kappa shape index (κ1) is 54.4. The second kappa shape index (κ2) is 23.4. The zero-order valence-electron chi connectivity index (χ0n) is 41.7. The van der Waals surface area contributed by atoms with Crippen molar-refractivity contribution >= 4 is 40.8 Å². The number of rotatable bonds is 20. The first-order chi connectivity index (χ1) is 35.9. The van der Waals surface area contributed by atoms with Gasteiger partial charge in [-0.25, -0.2) is 9.18 Å². The molecule has 2 saturated heterocycles. The Kier molecular flexibility index (Phi) is 16.9. The summed E-state index contributed by atoms with van der Waals surface area (Å²) in [6.45, 7) is 3.57. The van der Waals surface area contributed by atoms with E-state index in [0.717, 1.165) is 6.42 Å². The molecule has 0 saturated carbocycles. The lowest BCUT2D eigenvalue weighted by Crippen LogP contribution is -2.55. The van der Waals surface area contributed by atoms with Crippen molar-refractivity contribution in [2.24, 2.45) is 0 Å². The van der Waals surface area contributed by atoms with Gasteiger partial charge in [-0.15, -0.1) is 0 Å². The number of carbonyl (C=O) groups is 6. The highest BCUT2D eigenvalue weighted by atomic mass is 19.1. The lowest BCUT2D eigenvalue weighted by atomic mass is 9.72. The van der Waals surface area contributed by atoms with Crippen molar-refractivity contribution < 1.29 is 77.6 Å². The number of fused-ring (bicyclic) bond motifs is 3. The van der Waals surface area contributed by atoms with Gasteiger partial charge in [0.25, 0.3) is 0 Å². The number of benzene rings is 4. The highest BCUT2D eigenvalue weighted by Gasteiger charge is 2.50. The monoisotopic (exact) mass is 1040 g/mol. The number of halogens is 1.